The van der Waals surface area contributed by atoms with E-state index in [-0.39, 0.29) is 52.7 Å². The molecule has 0 unspecified atom stereocenters. The molecule has 21 heterocycles. The minimum atomic E-state index is -1.33. The minimum Gasteiger partial charge on any atom is -0.382 e. The molecule has 21 aliphatic rings. The quantitative estimate of drug-likeness (QED) is 0.0750. The van der Waals surface area contributed by atoms with Gasteiger partial charge in [-0.05, 0) is 0 Å². The molecule has 3 N–H and O–H groups in total. The Bertz CT molecular complexity index is 2320. The van der Waals surface area contributed by atoms with Gasteiger partial charge in [0.2, 0.25) is 5.91 Å². The van der Waals surface area contributed by atoms with Crippen molar-refractivity contribution in [3.05, 3.63) is 0 Å². The first-order valence-electron chi connectivity index (χ1n) is 33.6. The minimum absolute atomic E-state index is 0.0521. The SMILES string of the molecule is COC[C@H]1O[C@H]2O[C@H]3[C@H](OC)[C@@H](OC)[C@H](O[C@H]4[C@H](OC)[C@@H](OC)[C@H](O[C@H]5[C@H](OC)[C@@H](OC)[C@H](O[C@H]6[C@H](OC)[C@@H](OC)[C@H](O[C@H]7[C@H](OC)[C@@H](OC)[C@H](O[C@H]8[C@H](OC)[C@@H](OC)[C@H](O[C@H]1[C@H](OC)[C@H]2OC)O[C@@H]8CNC(=O)CN)O[C@@H]7COC)O[C@@H]6COC)O[C@@H]5COC)O[C@@H]4COC)O[C@@H]3COC. The van der Waals surface area contributed by atoms with Crippen LogP contribution in [0, 0.1) is 0 Å². The molecule has 0 radical (unpaired) electrons. The Balaban J connectivity index is 1.25. The highest BCUT2D eigenvalue weighted by molar-refractivity contribution is 5.77. The van der Waals surface area contributed by atoms with Crippen molar-refractivity contribution in [2.45, 2.75) is 215 Å². The second kappa shape index (κ2) is 41.6. The van der Waals surface area contributed by atoms with E-state index < -0.39 is 221 Å². The van der Waals surface area contributed by atoms with E-state index in [2.05, 4.69) is 5.32 Å². The molecular weight excluding hydrogens is 1360 g/mol. The smallest absolute Gasteiger partial charge is 0.233 e. The maximum Gasteiger partial charge on any atom is 0.233 e. The van der Waals surface area contributed by atoms with Crippen LogP contribution in [-0.2, 0) is 166 Å². The highest BCUT2D eigenvalue weighted by atomic mass is 16.8. The van der Waals surface area contributed by atoms with Crippen LogP contribution in [-0.4, -0.2) is 416 Å². The van der Waals surface area contributed by atoms with Crippen molar-refractivity contribution < 1.29 is 166 Å². The summed E-state index contributed by atoms with van der Waals surface area (Å²) in [7, 11) is 29.8. The van der Waals surface area contributed by atoms with Gasteiger partial charge in [0.15, 0.2) is 44.0 Å². The lowest BCUT2D eigenvalue weighted by Crippen LogP contribution is -2.69. The predicted octanol–water partition coefficient (Wildman–Crippen LogP) is -3.07. The second-order valence-electron chi connectivity index (χ2n) is 25.1. The van der Waals surface area contributed by atoms with E-state index >= 15 is 0 Å². The fourth-order valence-corrected chi connectivity index (χ4v) is 15.0. The molecule has 21 aliphatic heterocycles. The number of ether oxygens (including phenoxy) is 34. The van der Waals surface area contributed by atoms with E-state index in [9.17, 15) is 4.79 Å². The van der Waals surface area contributed by atoms with Crippen LogP contribution < -0.4 is 11.1 Å². The molecule has 14 bridgehead atoms. The maximum absolute atomic E-state index is 13.1. The summed E-state index contributed by atoms with van der Waals surface area (Å²) in [5, 5.41) is 2.84. The molecule has 0 aromatic rings. The Morgan fingerprint density at radius 1 is 0.238 bits per heavy atom. The molecule has 37 nitrogen and oxygen atoms in total. The molecule has 21 fully saturated rings. The number of hydrogen-bond acceptors (Lipinski definition) is 36. The van der Waals surface area contributed by atoms with Crippen LogP contribution in [0.3, 0.4) is 0 Å². The van der Waals surface area contributed by atoms with Crippen LogP contribution in [0.5, 0.6) is 0 Å². The molecule has 37 heteroatoms. The average Bonchev–Trinajstić information content (AvgIpc) is 0.775. The van der Waals surface area contributed by atoms with Gasteiger partial charge in [0.05, 0.1) is 46.2 Å². The molecule has 0 spiro atoms. The molecule has 1 amide bonds. The third kappa shape index (κ3) is 18.9. The molecule has 590 valence electrons. The van der Waals surface area contributed by atoms with Crippen molar-refractivity contribution in [3.63, 3.8) is 0 Å². The lowest BCUT2D eigenvalue weighted by molar-refractivity contribution is -0.402. The van der Waals surface area contributed by atoms with Crippen molar-refractivity contribution in [3.8, 4) is 0 Å². The van der Waals surface area contributed by atoms with Gasteiger partial charge < -0.3 is 172 Å². The zero-order chi connectivity index (χ0) is 73.2. The number of amides is 1. The molecule has 0 saturated carbocycles. The van der Waals surface area contributed by atoms with Gasteiger partial charge in [0.1, 0.15) is 171 Å². The van der Waals surface area contributed by atoms with E-state index in [0.717, 1.165) is 0 Å². The van der Waals surface area contributed by atoms with Gasteiger partial charge in [-0.3, -0.25) is 4.79 Å². The van der Waals surface area contributed by atoms with E-state index in [0.29, 0.717) is 0 Å². The highest BCUT2D eigenvalue weighted by Crippen LogP contribution is 2.43. The van der Waals surface area contributed by atoms with Gasteiger partial charge in [-0.2, -0.15) is 0 Å². The van der Waals surface area contributed by atoms with Crippen LogP contribution >= 0.6 is 0 Å². The Morgan fingerprint density at radius 2 is 0.386 bits per heavy atom. The largest absolute Gasteiger partial charge is 0.382 e. The van der Waals surface area contributed by atoms with Crippen LogP contribution in [0.4, 0.5) is 0 Å². The molecule has 35 atom stereocenters. The lowest BCUT2D eigenvalue weighted by atomic mass is 9.94. The average molecular weight is 1470 g/mol. The topological polar surface area (TPSA) is 369 Å². The highest BCUT2D eigenvalue weighted by Gasteiger charge is 2.62. The monoisotopic (exact) mass is 1470 g/mol. The van der Waals surface area contributed by atoms with Crippen molar-refractivity contribution in [1.82, 2.24) is 5.32 Å². The third-order valence-corrected chi connectivity index (χ3v) is 19.7. The number of methoxy groups -OCH3 is 20. The van der Waals surface area contributed by atoms with Crippen LogP contribution in [0.1, 0.15) is 0 Å². The fraction of sp³-hybridized carbons (Fsp3) is 0.984. The van der Waals surface area contributed by atoms with Gasteiger partial charge in [0.25, 0.3) is 0 Å². The summed E-state index contributed by atoms with van der Waals surface area (Å²) in [6.07, 6.45) is -37.6. The standard InChI is InChI=1S/C64H114N2O35/c1-68-23-30-38-45(75-8)53(83-16)60(90-30)98-40-32(25-70-3)92-62(55(85-18)47(40)77-10)100-42-34(27-72-5)94-64(57(87-20)49(42)79-12)101-43-35(28-73-6)93-63(56(86-19)50(43)80-13)99-41-33(26-71-4)91-61(54(84-17)48(41)78-11)97-39-31(24-69-2)89-59(52(82-15)46(39)76-9)95-37-29(22-66-36(67)21-65)88-58(96-38)51(81-14)44(37)74-7/h29-35,37-64H,21-28,65H2,1-20H3,(H,66,67)/t29-,30-,31-,32-,33-,34-,35-,37-,38-,39-,40-,41-,42-,43-,44+,45+,46+,47+,48+,49+,50+,51-,52-,53-,54-,55-,56-,57-,58+,59+,60+,61+,62+,63+,64+/m1/s1. The van der Waals surface area contributed by atoms with Crippen LogP contribution in [0.2, 0.25) is 0 Å². The van der Waals surface area contributed by atoms with Crippen LogP contribution in [0.15, 0.2) is 0 Å². The zero-order valence-electron chi connectivity index (χ0n) is 61.7. The summed E-state index contributed by atoms with van der Waals surface area (Å²) in [4.78, 5) is 13.1. The summed E-state index contributed by atoms with van der Waals surface area (Å²) in [6, 6.07) is 0. The van der Waals surface area contributed by atoms with E-state index in [1.54, 1.807) is 0 Å². The van der Waals surface area contributed by atoms with Gasteiger partial charge in [0, 0.05) is 149 Å². The zero-order valence-corrected chi connectivity index (χ0v) is 61.7. The molecule has 0 aromatic heterocycles. The molecule has 0 aliphatic carbocycles. The first-order chi connectivity index (χ1) is 49.1. The summed E-state index contributed by atoms with van der Waals surface area (Å²) >= 11 is 0. The fourth-order valence-electron chi connectivity index (χ4n) is 15.0. The van der Waals surface area contributed by atoms with Gasteiger partial charge in [-0.25, -0.2) is 0 Å². The maximum atomic E-state index is 13.1. The normalized spacial score (nSPS) is 45.0. The summed E-state index contributed by atoms with van der Waals surface area (Å²) in [5.41, 5.74) is 5.85. The molecule has 21 saturated heterocycles. The number of nitrogens with one attached hydrogen (secondary N) is 1. The molecule has 0 aromatic carbocycles. The Labute approximate surface area is 591 Å². The Kier molecular flexibility index (Phi) is 34.9. The van der Waals surface area contributed by atoms with Crippen molar-refractivity contribution in [2.24, 2.45) is 5.73 Å². The summed E-state index contributed by atoms with van der Waals surface area (Å²) < 4.78 is 220. The molecule has 101 heavy (non-hydrogen) atoms. The van der Waals surface area contributed by atoms with E-state index in [1.807, 2.05) is 0 Å². The number of carbonyl (C=O) groups is 1. The second-order valence-corrected chi connectivity index (χ2v) is 25.1. The van der Waals surface area contributed by atoms with Crippen molar-refractivity contribution >= 4 is 5.91 Å². The number of carbonyl (C=O) groups excluding carboxylic acids is 1. The molecule has 21 rings (SSSR count). The van der Waals surface area contributed by atoms with Crippen molar-refractivity contribution in [1.29, 1.82) is 0 Å². The van der Waals surface area contributed by atoms with Crippen LogP contribution in [0.25, 0.3) is 0 Å². The first kappa shape index (κ1) is 84.7. The lowest BCUT2D eigenvalue weighted by Gasteiger charge is -2.52. The number of hydrogen-bond donors (Lipinski definition) is 2. The van der Waals surface area contributed by atoms with Crippen molar-refractivity contribution in [2.75, 3.05) is 195 Å². The predicted molar refractivity (Wildman–Crippen MR) is 339 cm³/mol. The Hall–Kier alpha value is -1.93. The van der Waals surface area contributed by atoms with E-state index in [4.69, 9.17) is 167 Å². The summed E-state index contributed by atoms with van der Waals surface area (Å²) in [6.45, 7) is -0.942. The van der Waals surface area contributed by atoms with E-state index in [1.165, 1.54) is 142 Å². The number of rotatable bonds is 29. The first-order valence-corrected chi connectivity index (χ1v) is 33.6. The molecular formula is C64H114N2O35. The Morgan fingerprint density at radius 3 is 0.525 bits per heavy atom. The number of nitrogens with two attached hydrogens (primary N) is 1. The van der Waals surface area contributed by atoms with Gasteiger partial charge in [-0.1, -0.05) is 0 Å². The van der Waals surface area contributed by atoms with Gasteiger partial charge >= 0.3 is 0 Å². The van der Waals surface area contributed by atoms with Gasteiger partial charge in [-0.15, -0.1) is 0 Å². The summed E-state index contributed by atoms with van der Waals surface area (Å²) in [5.74, 6) is -0.504. The third-order valence-electron chi connectivity index (χ3n) is 19.7.